The lowest BCUT2D eigenvalue weighted by Gasteiger charge is -2.14. The molecule has 0 heterocycles. The molecule has 44 heavy (non-hydrogen) atoms. The van der Waals surface area contributed by atoms with Crippen LogP contribution in [0.5, 0.6) is 5.75 Å². The van der Waals surface area contributed by atoms with E-state index >= 15 is 0 Å². The molecule has 0 aliphatic rings. The Balaban J connectivity index is 1.35. The van der Waals surface area contributed by atoms with E-state index in [4.69, 9.17) is 9.47 Å². The number of hydrogen-bond acceptors (Lipinski definition) is 3. The second kappa shape index (κ2) is 21.7. The maximum Gasteiger partial charge on any atom is 0.343 e. The Hall–Kier alpha value is -2.91. The molecular weight excluding hydrogens is 540 g/mol. The molecule has 0 bridgehead atoms. The maximum absolute atomic E-state index is 12.8. The first-order valence-electron chi connectivity index (χ1n) is 17.7. The van der Waals surface area contributed by atoms with Gasteiger partial charge in [0.2, 0.25) is 0 Å². The van der Waals surface area contributed by atoms with Crippen LogP contribution in [0.1, 0.15) is 151 Å². The monoisotopic (exact) mass is 598 g/mol. The molecular formula is C41H58O3. The van der Waals surface area contributed by atoms with Crippen molar-refractivity contribution in [3.05, 3.63) is 89.5 Å². The second-order valence-corrected chi connectivity index (χ2v) is 12.4. The summed E-state index contributed by atoms with van der Waals surface area (Å²) in [5, 5.41) is 0. The minimum Gasteiger partial charge on any atom is -0.423 e. The van der Waals surface area contributed by atoms with Crippen molar-refractivity contribution in [1.29, 1.82) is 0 Å². The number of hydrogen-bond donors (Lipinski definition) is 0. The molecule has 240 valence electrons. The number of carbonyl (C=O) groups is 1. The van der Waals surface area contributed by atoms with Gasteiger partial charge in [-0.2, -0.15) is 0 Å². The fraction of sp³-hybridized carbons (Fsp3) is 0.537. The Bertz CT molecular complexity index is 1150. The van der Waals surface area contributed by atoms with Crippen molar-refractivity contribution in [2.75, 3.05) is 6.61 Å². The van der Waals surface area contributed by atoms with Gasteiger partial charge in [-0.1, -0.05) is 152 Å². The summed E-state index contributed by atoms with van der Waals surface area (Å²) in [5.74, 6) is 0.201. The molecule has 3 rings (SSSR count). The normalized spacial score (nSPS) is 11.9. The van der Waals surface area contributed by atoms with E-state index in [2.05, 4.69) is 45.0 Å². The van der Waals surface area contributed by atoms with E-state index in [1.54, 1.807) is 0 Å². The summed E-state index contributed by atoms with van der Waals surface area (Å²) in [4.78, 5) is 12.8. The lowest BCUT2D eigenvalue weighted by atomic mass is 10.00. The lowest BCUT2D eigenvalue weighted by Crippen LogP contribution is -2.08. The Morgan fingerprint density at radius 3 is 1.59 bits per heavy atom. The van der Waals surface area contributed by atoms with Crippen molar-refractivity contribution in [3.8, 4) is 16.9 Å². The van der Waals surface area contributed by atoms with Crippen LogP contribution in [0.3, 0.4) is 0 Å². The van der Waals surface area contributed by atoms with Crippen LogP contribution in [0.15, 0.2) is 72.8 Å². The summed E-state index contributed by atoms with van der Waals surface area (Å²) in [5.41, 5.74) is 5.31. The van der Waals surface area contributed by atoms with Gasteiger partial charge >= 0.3 is 5.97 Å². The molecule has 3 aromatic rings. The zero-order valence-electron chi connectivity index (χ0n) is 28.0. The first-order valence-corrected chi connectivity index (χ1v) is 17.7. The molecule has 3 nitrogen and oxygen atoms in total. The average molecular weight is 599 g/mol. The van der Waals surface area contributed by atoms with Crippen molar-refractivity contribution >= 4 is 5.97 Å². The van der Waals surface area contributed by atoms with Gasteiger partial charge < -0.3 is 9.47 Å². The molecule has 1 unspecified atom stereocenters. The van der Waals surface area contributed by atoms with Gasteiger partial charge in [-0.25, -0.2) is 4.79 Å². The number of unbranched alkanes of at least 4 members (excludes halogenated alkanes) is 14. The van der Waals surface area contributed by atoms with Gasteiger partial charge in [-0.05, 0) is 72.7 Å². The minimum atomic E-state index is -0.344. The molecule has 0 radical (unpaired) electrons. The van der Waals surface area contributed by atoms with Crippen LogP contribution >= 0.6 is 0 Å². The predicted molar refractivity (Wildman–Crippen MR) is 187 cm³/mol. The molecule has 0 aromatic heterocycles. The highest BCUT2D eigenvalue weighted by atomic mass is 16.5. The van der Waals surface area contributed by atoms with Crippen LogP contribution < -0.4 is 4.74 Å². The van der Waals surface area contributed by atoms with E-state index in [1.165, 1.54) is 107 Å². The average Bonchev–Trinajstić information content (AvgIpc) is 3.06. The number of ether oxygens (including phenoxy) is 2. The molecule has 0 N–H and O–H groups in total. The Kier molecular flexibility index (Phi) is 17.6. The Morgan fingerprint density at radius 1 is 0.568 bits per heavy atom. The van der Waals surface area contributed by atoms with Crippen molar-refractivity contribution in [3.63, 3.8) is 0 Å². The van der Waals surface area contributed by atoms with Crippen LogP contribution in [-0.4, -0.2) is 12.6 Å². The van der Waals surface area contributed by atoms with Gasteiger partial charge in [0.25, 0.3) is 0 Å². The molecule has 0 amide bonds. The highest BCUT2D eigenvalue weighted by molar-refractivity contribution is 5.91. The number of aryl methyl sites for hydroxylation is 1. The predicted octanol–water partition coefficient (Wildman–Crippen LogP) is 12.5. The first-order chi connectivity index (χ1) is 21.6. The third-order valence-electron chi connectivity index (χ3n) is 8.65. The van der Waals surface area contributed by atoms with Gasteiger partial charge in [0.05, 0.1) is 11.7 Å². The fourth-order valence-corrected chi connectivity index (χ4v) is 5.69. The van der Waals surface area contributed by atoms with Crippen LogP contribution in [0.4, 0.5) is 0 Å². The number of rotatable bonds is 23. The summed E-state index contributed by atoms with van der Waals surface area (Å²) in [6, 6.07) is 24.2. The van der Waals surface area contributed by atoms with E-state index in [1.807, 2.05) is 48.5 Å². The highest BCUT2D eigenvalue weighted by Crippen LogP contribution is 2.24. The summed E-state index contributed by atoms with van der Waals surface area (Å²) in [7, 11) is 0. The molecule has 0 spiro atoms. The Morgan fingerprint density at radius 2 is 1.05 bits per heavy atom. The van der Waals surface area contributed by atoms with Gasteiger partial charge in [0.1, 0.15) is 5.75 Å². The number of esters is 1. The smallest absolute Gasteiger partial charge is 0.343 e. The molecule has 0 aliphatic carbocycles. The van der Waals surface area contributed by atoms with Crippen molar-refractivity contribution < 1.29 is 14.3 Å². The SMILES string of the molecule is CCCCCCCCCCCCc1ccc(-c2ccc(C(=O)Oc3ccc(C(C)OCCCCCCCC)cc3)cc2)cc1. The number of carbonyl (C=O) groups excluding carboxylic acids is 1. The zero-order chi connectivity index (χ0) is 31.2. The third-order valence-corrected chi connectivity index (χ3v) is 8.65. The largest absolute Gasteiger partial charge is 0.423 e. The third kappa shape index (κ3) is 13.8. The van der Waals surface area contributed by atoms with Gasteiger partial charge in [-0.15, -0.1) is 0 Å². The van der Waals surface area contributed by atoms with E-state index in [-0.39, 0.29) is 12.1 Å². The zero-order valence-corrected chi connectivity index (χ0v) is 28.0. The van der Waals surface area contributed by atoms with Crippen molar-refractivity contribution in [2.45, 2.75) is 136 Å². The maximum atomic E-state index is 12.8. The minimum absolute atomic E-state index is 0.0247. The van der Waals surface area contributed by atoms with Crippen LogP contribution in [0, 0.1) is 0 Å². The van der Waals surface area contributed by atoms with E-state index in [0.717, 1.165) is 30.6 Å². The molecule has 0 saturated heterocycles. The molecule has 3 heteroatoms. The van der Waals surface area contributed by atoms with Crippen molar-refractivity contribution in [2.24, 2.45) is 0 Å². The summed E-state index contributed by atoms with van der Waals surface area (Å²) in [6.45, 7) is 7.38. The van der Waals surface area contributed by atoms with Crippen molar-refractivity contribution in [1.82, 2.24) is 0 Å². The molecule has 1 atom stereocenters. The number of benzene rings is 3. The lowest BCUT2D eigenvalue weighted by molar-refractivity contribution is 0.0627. The quantitative estimate of drug-likeness (QED) is 0.0619. The van der Waals surface area contributed by atoms with Crippen LogP contribution in [-0.2, 0) is 11.2 Å². The second-order valence-electron chi connectivity index (χ2n) is 12.4. The van der Waals surface area contributed by atoms with E-state index in [9.17, 15) is 4.79 Å². The van der Waals surface area contributed by atoms with Gasteiger partial charge in [0.15, 0.2) is 0 Å². The first kappa shape index (κ1) is 35.6. The standard InChI is InChI=1S/C41H58O3/c1-4-6-8-10-12-13-14-15-16-18-20-35-21-23-37(24-22-35)38-25-27-39(28-26-38)41(42)44-40-31-29-36(30-32-40)34(3)43-33-19-17-11-9-7-5-2/h21-32,34H,4-20,33H2,1-3H3. The van der Waals surface area contributed by atoms with Crippen LogP contribution in [0.25, 0.3) is 11.1 Å². The molecule has 0 fully saturated rings. The van der Waals surface area contributed by atoms with Crippen LogP contribution in [0.2, 0.25) is 0 Å². The highest BCUT2D eigenvalue weighted by Gasteiger charge is 2.11. The summed E-state index contributed by atoms with van der Waals surface area (Å²) >= 11 is 0. The summed E-state index contributed by atoms with van der Waals surface area (Å²) in [6.07, 6.45) is 22.4. The molecule has 3 aromatic carbocycles. The Labute approximate surface area is 268 Å². The van der Waals surface area contributed by atoms with Gasteiger partial charge in [-0.3, -0.25) is 0 Å². The van der Waals surface area contributed by atoms with E-state index < -0.39 is 0 Å². The van der Waals surface area contributed by atoms with E-state index in [0.29, 0.717) is 11.3 Å². The molecule has 0 saturated carbocycles. The fourth-order valence-electron chi connectivity index (χ4n) is 5.69. The topological polar surface area (TPSA) is 35.5 Å². The molecule has 0 aliphatic heterocycles. The van der Waals surface area contributed by atoms with Gasteiger partial charge in [0, 0.05) is 6.61 Å². The summed E-state index contributed by atoms with van der Waals surface area (Å²) < 4.78 is 11.7.